The minimum atomic E-state index is -0.350. The van der Waals surface area contributed by atoms with Gasteiger partial charge in [0, 0.05) is 17.5 Å². The lowest BCUT2D eigenvalue weighted by molar-refractivity contribution is -0.144. The summed E-state index contributed by atoms with van der Waals surface area (Å²) < 4.78 is 10.7. The number of nitrogens with zero attached hydrogens (tertiary/aromatic N) is 1. The largest absolute Gasteiger partial charge is 0.496 e. The maximum atomic E-state index is 12.5. The van der Waals surface area contributed by atoms with Crippen molar-refractivity contribution in [2.24, 2.45) is 17.8 Å². The van der Waals surface area contributed by atoms with Crippen LogP contribution in [0.1, 0.15) is 50.6 Å². The first kappa shape index (κ1) is 22.2. The minimum absolute atomic E-state index is 0.0247. The first-order chi connectivity index (χ1) is 16.0. The Labute approximate surface area is 198 Å². The van der Waals surface area contributed by atoms with Gasteiger partial charge in [-0.2, -0.15) is 0 Å². The molecule has 7 nitrogen and oxygen atoms in total. The van der Waals surface area contributed by atoms with Crippen LogP contribution in [0.25, 0.3) is 10.6 Å². The van der Waals surface area contributed by atoms with E-state index in [4.69, 9.17) is 9.47 Å². The molecule has 4 aliphatic carbocycles. The van der Waals surface area contributed by atoms with Crippen LogP contribution in [0.3, 0.4) is 0 Å². The first-order valence-corrected chi connectivity index (χ1v) is 12.7. The molecular weight excluding hydrogens is 438 g/mol. The number of aromatic nitrogens is 1. The number of thiazole rings is 1. The second-order valence-electron chi connectivity index (χ2n) is 9.83. The highest BCUT2D eigenvalue weighted by Crippen LogP contribution is 2.55. The van der Waals surface area contributed by atoms with Crippen LogP contribution in [0.15, 0.2) is 29.6 Å². The summed E-state index contributed by atoms with van der Waals surface area (Å²) in [6, 6.07) is 7.53. The molecule has 0 radical (unpaired) electrons. The van der Waals surface area contributed by atoms with Crippen LogP contribution < -0.4 is 15.4 Å². The second kappa shape index (κ2) is 9.33. The van der Waals surface area contributed by atoms with E-state index in [2.05, 4.69) is 15.6 Å². The number of amides is 2. The average molecular weight is 470 g/mol. The topological polar surface area (TPSA) is 89.6 Å². The molecule has 6 rings (SSSR count). The summed E-state index contributed by atoms with van der Waals surface area (Å²) in [6.45, 7) is 0.379. The van der Waals surface area contributed by atoms with Gasteiger partial charge >= 0.3 is 12.0 Å². The third kappa shape index (κ3) is 5.00. The quantitative estimate of drug-likeness (QED) is 0.555. The number of urea groups is 1. The summed E-state index contributed by atoms with van der Waals surface area (Å²) in [5.74, 6) is 2.74. The molecule has 4 fully saturated rings. The summed E-state index contributed by atoms with van der Waals surface area (Å²) in [5, 5.41) is 8.81. The van der Waals surface area contributed by atoms with E-state index in [9.17, 15) is 9.59 Å². The van der Waals surface area contributed by atoms with Crippen LogP contribution in [0.2, 0.25) is 0 Å². The van der Waals surface area contributed by atoms with Crippen LogP contribution in [-0.4, -0.2) is 36.2 Å². The average Bonchev–Trinajstić information content (AvgIpc) is 3.25. The van der Waals surface area contributed by atoms with Crippen molar-refractivity contribution >= 4 is 23.3 Å². The number of ether oxygens (including phenoxy) is 2. The molecule has 4 aliphatic rings. The zero-order valence-electron chi connectivity index (χ0n) is 19.0. The Hall–Kier alpha value is -2.61. The molecule has 0 saturated heterocycles. The lowest BCUT2D eigenvalue weighted by Crippen LogP contribution is -2.61. The minimum Gasteiger partial charge on any atom is -0.496 e. The van der Waals surface area contributed by atoms with E-state index in [0.717, 1.165) is 53.3 Å². The summed E-state index contributed by atoms with van der Waals surface area (Å²) >= 11 is 1.48. The van der Waals surface area contributed by atoms with Crippen molar-refractivity contribution in [2.75, 3.05) is 13.7 Å². The molecule has 8 heteroatoms. The molecule has 2 N–H and O–H groups in total. The number of hydrogen-bond acceptors (Lipinski definition) is 6. The highest BCUT2D eigenvalue weighted by Gasteiger charge is 2.51. The van der Waals surface area contributed by atoms with Gasteiger partial charge in [0.15, 0.2) is 0 Å². The molecule has 33 heavy (non-hydrogen) atoms. The van der Waals surface area contributed by atoms with Gasteiger partial charge < -0.3 is 20.1 Å². The number of nitrogens with one attached hydrogen (secondary N) is 2. The van der Waals surface area contributed by atoms with E-state index in [1.165, 1.54) is 30.6 Å². The molecule has 1 aromatic heterocycles. The van der Waals surface area contributed by atoms with Gasteiger partial charge in [0.05, 0.1) is 24.8 Å². The van der Waals surface area contributed by atoms with Crippen molar-refractivity contribution in [3.05, 3.63) is 35.3 Å². The fourth-order valence-electron chi connectivity index (χ4n) is 6.37. The molecule has 0 unspecified atom stereocenters. The Bertz CT molecular complexity index is 985. The number of hydrogen-bond donors (Lipinski definition) is 2. The predicted octanol–water partition coefficient (Wildman–Crippen LogP) is 4.52. The van der Waals surface area contributed by atoms with Gasteiger partial charge in [0.1, 0.15) is 17.4 Å². The molecule has 0 atom stereocenters. The van der Waals surface area contributed by atoms with Crippen LogP contribution in [-0.2, 0) is 16.1 Å². The van der Waals surface area contributed by atoms with Gasteiger partial charge in [-0.1, -0.05) is 12.1 Å². The summed E-state index contributed by atoms with van der Waals surface area (Å²) in [6.07, 6.45) is 7.49. The van der Waals surface area contributed by atoms with Gasteiger partial charge in [0.25, 0.3) is 0 Å². The smallest absolute Gasteiger partial charge is 0.315 e. The van der Waals surface area contributed by atoms with Crippen molar-refractivity contribution in [1.82, 2.24) is 15.6 Å². The zero-order valence-corrected chi connectivity index (χ0v) is 19.8. The Kier molecular flexibility index (Phi) is 6.27. The van der Waals surface area contributed by atoms with Crippen molar-refractivity contribution < 1.29 is 19.1 Å². The zero-order chi connectivity index (χ0) is 22.8. The molecule has 0 aliphatic heterocycles. The van der Waals surface area contributed by atoms with Gasteiger partial charge in [-0.15, -0.1) is 11.3 Å². The Morgan fingerprint density at radius 3 is 2.52 bits per heavy atom. The number of carbonyl (C=O) groups is 2. The van der Waals surface area contributed by atoms with Crippen LogP contribution in [0, 0.1) is 17.8 Å². The Balaban J connectivity index is 1.04. The molecule has 4 saturated carbocycles. The molecule has 0 spiro atoms. The number of carbonyl (C=O) groups excluding carboxylic acids is 2. The summed E-state index contributed by atoms with van der Waals surface area (Å²) in [5.41, 5.74) is 1.59. The predicted molar refractivity (Wildman–Crippen MR) is 126 cm³/mol. The third-order valence-electron chi connectivity index (χ3n) is 7.30. The maximum Gasteiger partial charge on any atom is 0.315 e. The molecule has 2 amide bonds. The monoisotopic (exact) mass is 469 g/mol. The van der Waals surface area contributed by atoms with Crippen molar-refractivity contribution in [3.63, 3.8) is 0 Å². The first-order valence-electron chi connectivity index (χ1n) is 11.8. The van der Waals surface area contributed by atoms with Crippen molar-refractivity contribution in [2.45, 2.75) is 57.1 Å². The number of rotatable bonds is 8. The highest BCUT2D eigenvalue weighted by molar-refractivity contribution is 7.13. The van der Waals surface area contributed by atoms with Crippen LogP contribution in [0.4, 0.5) is 4.79 Å². The Morgan fingerprint density at radius 1 is 1.12 bits per heavy atom. The summed E-state index contributed by atoms with van der Waals surface area (Å²) in [7, 11) is 1.63. The lowest BCUT2D eigenvalue weighted by Gasteiger charge is -2.56. The Morgan fingerprint density at radius 2 is 1.82 bits per heavy atom. The molecule has 1 aromatic carbocycles. The number of methoxy groups -OCH3 is 1. The molecule has 1 heterocycles. The van der Waals surface area contributed by atoms with Crippen LogP contribution >= 0.6 is 11.3 Å². The van der Waals surface area contributed by atoms with Gasteiger partial charge in [0.2, 0.25) is 0 Å². The standard InChI is InChI=1S/C25H31N3O4S/c1-31-21-5-3-2-4-20(21)23-27-19(15-33-23)14-32-22(29)6-7-26-24(30)28-25-11-16-8-17(12-25)10-18(9-16)13-25/h2-5,15-18H,6-14H2,1H3,(H2,26,28,30). The SMILES string of the molecule is COc1ccccc1-c1nc(COC(=O)CCNC(=O)NC23CC4CC(CC(C4)C2)C3)cs1. The molecule has 2 aromatic rings. The molecular formula is C25H31N3O4S. The number of esters is 1. The lowest BCUT2D eigenvalue weighted by atomic mass is 9.53. The normalized spacial score (nSPS) is 27.2. The summed E-state index contributed by atoms with van der Waals surface area (Å²) in [4.78, 5) is 29.2. The third-order valence-corrected chi connectivity index (χ3v) is 8.23. The van der Waals surface area contributed by atoms with E-state index < -0.39 is 0 Å². The fraction of sp³-hybridized carbons (Fsp3) is 0.560. The highest BCUT2D eigenvalue weighted by atomic mass is 32.1. The second-order valence-corrected chi connectivity index (χ2v) is 10.7. The number of benzene rings is 1. The van der Waals surface area contributed by atoms with Gasteiger partial charge in [-0.05, 0) is 68.4 Å². The van der Waals surface area contributed by atoms with E-state index in [1.54, 1.807) is 7.11 Å². The molecule has 176 valence electrons. The maximum absolute atomic E-state index is 12.5. The van der Waals surface area contributed by atoms with E-state index >= 15 is 0 Å². The van der Waals surface area contributed by atoms with Gasteiger partial charge in [-0.25, -0.2) is 9.78 Å². The van der Waals surface area contributed by atoms with E-state index in [1.807, 2.05) is 29.6 Å². The number of para-hydroxylation sites is 1. The van der Waals surface area contributed by atoms with Gasteiger partial charge in [-0.3, -0.25) is 4.79 Å². The van der Waals surface area contributed by atoms with Crippen LogP contribution in [0.5, 0.6) is 5.75 Å². The van der Waals surface area contributed by atoms with E-state index in [0.29, 0.717) is 5.69 Å². The van der Waals surface area contributed by atoms with Crippen molar-refractivity contribution in [3.8, 4) is 16.3 Å². The fourth-order valence-corrected chi connectivity index (χ4v) is 7.21. The van der Waals surface area contributed by atoms with Crippen molar-refractivity contribution in [1.29, 1.82) is 0 Å². The van der Waals surface area contributed by atoms with E-state index in [-0.39, 0.29) is 37.1 Å². The molecule has 4 bridgehead atoms.